The van der Waals surface area contributed by atoms with Gasteiger partial charge in [0, 0.05) is 12.6 Å². The van der Waals surface area contributed by atoms with E-state index < -0.39 is 11.7 Å². The molecule has 1 aliphatic rings. The molecule has 1 amide bonds. The molecule has 0 bridgehead atoms. The molecule has 1 aliphatic heterocycles. The van der Waals surface area contributed by atoms with Crippen LogP contribution >= 0.6 is 11.6 Å². The fourth-order valence-electron chi connectivity index (χ4n) is 2.69. The van der Waals surface area contributed by atoms with Gasteiger partial charge < -0.3 is 15.0 Å². The monoisotopic (exact) mass is 351 g/mol. The number of carbonyl (C=O) groups excluding carboxylic acids is 1. The first-order valence-electron chi connectivity index (χ1n) is 7.90. The second-order valence-electron chi connectivity index (χ2n) is 6.81. The molecule has 130 valence electrons. The Hall–Kier alpha value is -2.07. The van der Waals surface area contributed by atoms with Crippen molar-refractivity contribution in [1.29, 1.82) is 5.26 Å². The summed E-state index contributed by atoms with van der Waals surface area (Å²) in [5.74, 6) is 0.599. The van der Waals surface area contributed by atoms with E-state index in [1.165, 1.54) is 6.20 Å². The maximum atomic E-state index is 12.0. The van der Waals surface area contributed by atoms with Crippen LogP contribution in [0.15, 0.2) is 6.20 Å². The molecular weight excluding hydrogens is 330 g/mol. The summed E-state index contributed by atoms with van der Waals surface area (Å²) in [4.78, 5) is 22.3. The van der Waals surface area contributed by atoms with Gasteiger partial charge in [-0.2, -0.15) is 5.26 Å². The first kappa shape index (κ1) is 18.3. The lowest BCUT2D eigenvalue weighted by atomic mass is 9.97. The summed E-state index contributed by atoms with van der Waals surface area (Å²) < 4.78 is 5.33. The zero-order valence-corrected chi connectivity index (χ0v) is 15.1. The Morgan fingerprint density at radius 2 is 2.25 bits per heavy atom. The molecule has 8 heteroatoms. The predicted octanol–water partition coefficient (Wildman–Crippen LogP) is 2.88. The van der Waals surface area contributed by atoms with Gasteiger partial charge in [-0.3, -0.25) is 0 Å². The molecule has 0 radical (unpaired) electrons. The number of anilines is 1. The molecule has 7 nitrogen and oxygen atoms in total. The Labute approximate surface area is 147 Å². The number of amides is 1. The SMILES string of the molecule is C[C@H]1[C@@H](NC(=O)OC(C)(C)C)CCCN1c1cnc(C#N)c(Cl)n1. The van der Waals surface area contributed by atoms with Gasteiger partial charge in [-0.1, -0.05) is 11.6 Å². The van der Waals surface area contributed by atoms with Crippen LogP contribution in [0.2, 0.25) is 5.15 Å². The number of aromatic nitrogens is 2. The molecule has 1 aromatic rings. The van der Waals surface area contributed by atoms with Gasteiger partial charge in [0.2, 0.25) is 0 Å². The summed E-state index contributed by atoms with van der Waals surface area (Å²) in [7, 11) is 0. The number of alkyl carbamates (subject to hydrolysis) is 1. The van der Waals surface area contributed by atoms with Crippen molar-refractivity contribution >= 4 is 23.5 Å². The summed E-state index contributed by atoms with van der Waals surface area (Å²) in [6, 6.07) is 1.83. The van der Waals surface area contributed by atoms with Crippen molar-refractivity contribution in [3.05, 3.63) is 17.0 Å². The molecule has 1 aromatic heterocycles. The van der Waals surface area contributed by atoms with Gasteiger partial charge in [-0.05, 0) is 40.5 Å². The minimum absolute atomic E-state index is 0.00423. The van der Waals surface area contributed by atoms with Crippen LogP contribution in [0.5, 0.6) is 0 Å². The number of nitrogens with one attached hydrogen (secondary N) is 1. The van der Waals surface area contributed by atoms with Crippen LogP contribution < -0.4 is 10.2 Å². The lowest BCUT2D eigenvalue weighted by molar-refractivity contribution is 0.0489. The van der Waals surface area contributed by atoms with Gasteiger partial charge in [-0.25, -0.2) is 14.8 Å². The van der Waals surface area contributed by atoms with Crippen molar-refractivity contribution in [2.75, 3.05) is 11.4 Å². The van der Waals surface area contributed by atoms with Crippen molar-refractivity contribution in [1.82, 2.24) is 15.3 Å². The number of ether oxygens (including phenoxy) is 1. The first-order chi connectivity index (χ1) is 11.2. The number of halogens is 1. The maximum absolute atomic E-state index is 12.0. The summed E-state index contributed by atoms with van der Waals surface area (Å²) in [5.41, 5.74) is -0.429. The summed E-state index contributed by atoms with van der Waals surface area (Å²) >= 11 is 5.98. The van der Waals surface area contributed by atoms with Crippen molar-refractivity contribution in [3.63, 3.8) is 0 Å². The van der Waals surface area contributed by atoms with E-state index in [1.54, 1.807) is 0 Å². The van der Waals surface area contributed by atoms with Crippen molar-refractivity contribution in [3.8, 4) is 6.07 Å². The van der Waals surface area contributed by atoms with Crippen molar-refractivity contribution in [2.45, 2.75) is 58.2 Å². The van der Waals surface area contributed by atoms with Gasteiger partial charge in [0.25, 0.3) is 0 Å². The van der Waals surface area contributed by atoms with Crippen LogP contribution in [0.3, 0.4) is 0 Å². The summed E-state index contributed by atoms with van der Waals surface area (Å²) in [5, 5.41) is 11.9. The highest BCUT2D eigenvalue weighted by atomic mass is 35.5. The molecule has 1 N–H and O–H groups in total. The third kappa shape index (κ3) is 4.48. The normalized spacial score (nSPS) is 21.1. The fraction of sp³-hybridized carbons (Fsp3) is 0.625. The van der Waals surface area contributed by atoms with Gasteiger partial charge in [0.1, 0.15) is 17.5 Å². The molecular formula is C16H22ClN5O2. The number of piperidine rings is 1. The minimum atomic E-state index is -0.534. The average Bonchev–Trinajstić information content (AvgIpc) is 2.47. The third-order valence-electron chi connectivity index (χ3n) is 3.81. The van der Waals surface area contributed by atoms with Crippen LogP contribution in [0.1, 0.15) is 46.2 Å². The Balaban J connectivity index is 2.10. The van der Waals surface area contributed by atoms with E-state index in [2.05, 4.69) is 15.3 Å². The van der Waals surface area contributed by atoms with E-state index in [1.807, 2.05) is 38.7 Å². The molecule has 24 heavy (non-hydrogen) atoms. The Morgan fingerprint density at radius 1 is 1.54 bits per heavy atom. The largest absolute Gasteiger partial charge is 0.444 e. The minimum Gasteiger partial charge on any atom is -0.444 e. The highest BCUT2D eigenvalue weighted by Gasteiger charge is 2.31. The zero-order chi connectivity index (χ0) is 17.9. The Bertz CT molecular complexity index is 653. The lowest BCUT2D eigenvalue weighted by Gasteiger charge is -2.40. The molecule has 1 saturated heterocycles. The third-order valence-corrected chi connectivity index (χ3v) is 4.07. The van der Waals surface area contributed by atoms with Gasteiger partial charge >= 0.3 is 6.09 Å². The summed E-state index contributed by atoms with van der Waals surface area (Å²) in [6.45, 7) is 8.28. The quantitative estimate of drug-likeness (QED) is 0.880. The van der Waals surface area contributed by atoms with E-state index in [9.17, 15) is 4.79 Å². The number of hydrogen-bond donors (Lipinski definition) is 1. The van der Waals surface area contributed by atoms with Crippen LogP contribution in [0.25, 0.3) is 0 Å². The van der Waals surface area contributed by atoms with Crippen molar-refractivity contribution < 1.29 is 9.53 Å². The Kier molecular flexibility index (Phi) is 5.50. The molecule has 0 unspecified atom stereocenters. The highest BCUT2D eigenvalue weighted by molar-refractivity contribution is 6.30. The van der Waals surface area contributed by atoms with Gasteiger partial charge in [0.05, 0.1) is 12.2 Å². The number of rotatable bonds is 2. The molecule has 0 spiro atoms. The molecule has 0 aliphatic carbocycles. The first-order valence-corrected chi connectivity index (χ1v) is 8.28. The number of nitrogens with zero attached hydrogens (tertiary/aromatic N) is 4. The molecule has 2 rings (SSSR count). The molecule has 1 fully saturated rings. The number of hydrogen-bond acceptors (Lipinski definition) is 6. The van der Waals surface area contributed by atoms with E-state index in [4.69, 9.17) is 21.6 Å². The van der Waals surface area contributed by atoms with Crippen LogP contribution in [-0.2, 0) is 4.74 Å². The van der Waals surface area contributed by atoms with E-state index in [-0.39, 0.29) is 22.9 Å². The molecule has 2 heterocycles. The maximum Gasteiger partial charge on any atom is 0.407 e. The van der Waals surface area contributed by atoms with Crippen molar-refractivity contribution in [2.24, 2.45) is 0 Å². The Morgan fingerprint density at radius 3 is 2.83 bits per heavy atom. The fourth-order valence-corrected chi connectivity index (χ4v) is 2.87. The smallest absolute Gasteiger partial charge is 0.407 e. The second kappa shape index (κ2) is 7.22. The lowest BCUT2D eigenvalue weighted by Crippen LogP contribution is -2.55. The van der Waals surface area contributed by atoms with Crippen LogP contribution in [0, 0.1) is 11.3 Å². The average molecular weight is 352 g/mol. The molecule has 0 aromatic carbocycles. The van der Waals surface area contributed by atoms with Crippen LogP contribution in [-0.4, -0.2) is 40.3 Å². The number of nitriles is 1. The van der Waals surface area contributed by atoms with E-state index in [0.717, 1.165) is 19.4 Å². The summed E-state index contributed by atoms with van der Waals surface area (Å²) in [6.07, 6.45) is 2.86. The zero-order valence-electron chi connectivity index (χ0n) is 14.3. The van der Waals surface area contributed by atoms with E-state index >= 15 is 0 Å². The molecule has 0 saturated carbocycles. The standard InChI is InChI=1S/C16H22ClN5O2/c1-10-11(20-15(23)24-16(2,3)4)6-5-7-22(10)13-9-19-12(8-18)14(17)21-13/h9-11H,5-7H2,1-4H3,(H,20,23)/t10-,11-/m0/s1. The number of carbonyl (C=O) groups is 1. The topological polar surface area (TPSA) is 91.1 Å². The van der Waals surface area contributed by atoms with Gasteiger partial charge in [-0.15, -0.1) is 0 Å². The predicted molar refractivity (Wildman–Crippen MR) is 91.0 cm³/mol. The van der Waals surface area contributed by atoms with E-state index in [0.29, 0.717) is 5.82 Å². The highest BCUT2D eigenvalue weighted by Crippen LogP contribution is 2.25. The van der Waals surface area contributed by atoms with Crippen LogP contribution in [0.4, 0.5) is 10.6 Å². The van der Waals surface area contributed by atoms with Gasteiger partial charge in [0.15, 0.2) is 10.8 Å². The second-order valence-corrected chi connectivity index (χ2v) is 7.17. The molecule has 2 atom stereocenters.